The van der Waals surface area contributed by atoms with Gasteiger partial charge in [-0.1, -0.05) is 12.1 Å². The quantitative estimate of drug-likeness (QED) is 0.897. The Morgan fingerprint density at radius 2 is 2.15 bits per heavy atom. The van der Waals surface area contributed by atoms with E-state index in [0.29, 0.717) is 11.3 Å². The summed E-state index contributed by atoms with van der Waals surface area (Å²) in [7, 11) is 1.65. The van der Waals surface area contributed by atoms with Gasteiger partial charge in [0.15, 0.2) is 0 Å². The van der Waals surface area contributed by atoms with Gasteiger partial charge in [0.25, 0.3) is 5.91 Å². The molecule has 26 heavy (non-hydrogen) atoms. The lowest BCUT2D eigenvalue weighted by Gasteiger charge is -2.26. The molecule has 0 aliphatic carbocycles. The van der Waals surface area contributed by atoms with Crippen molar-refractivity contribution in [3.63, 3.8) is 0 Å². The Kier molecular flexibility index (Phi) is 4.59. The Bertz CT molecular complexity index is 868. The molecule has 1 unspecified atom stereocenters. The Hall–Kier alpha value is -2.47. The summed E-state index contributed by atoms with van der Waals surface area (Å²) >= 11 is 1.50. The van der Waals surface area contributed by atoms with E-state index in [1.54, 1.807) is 13.2 Å². The van der Waals surface area contributed by atoms with Gasteiger partial charge in [-0.15, -0.1) is 11.8 Å². The molecular weight excluding hydrogens is 348 g/mol. The molecule has 2 aliphatic rings. The number of anilines is 1. The topological polar surface area (TPSA) is 58.6 Å². The number of hydrogen-bond donors (Lipinski definition) is 1. The van der Waals surface area contributed by atoms with Crippen molar-refractivity contribution in [1.82, 2.24) is 4.90 Å². The highest BCUT2D eigenvalue weighted by Crippen LogP contribution is 2.36. The highest BCUT2D eigenvalue weighted by atomic mass is 32.2. The minimum Gasteiger partial charge on any atom is -0.497 e. The van der Waals surface area contributed by atoms with E-state index < -0.39 is 0 Å². The summed E-state index contributed by atoms with van der Waals surface area (Å²) in [5, 5.41) is 2.86. The second-order valence-electron chi connectivity index (χ2n) is 6.48. The lowest BCUT2D eigenvalue weighted by atomic mass is 10.0. The number of ether oxygens (including phenoxy) is 1. The van der Waals surface area contributed by atoms with E-state index >= 15 is 0 Å². The molecule has 134 valence electrons. The average Bonchev–Trinajstić information content (AvgIpc) is 3.16. The molecule has 1 atom stereocenters. The molecule has 4 rings (SSSR count). The third-order valence-corrected chi connectivity index (χ3v) is 5.93. The van der Waals surface area contributed by atoms with Gasteiger partial charge >= 0.3 is 0 Å². The standard InChI is InChI=1S/C20H20N2O3S/c1-25-15-5-2-4-13(10-15)17-6-3-9-22(17)20(24)14-7-8-18-16(11-14)21-19(23)12-26-18/h2,4-5,7-8,10-11,17H,3,6,9,12H2,1H3,(H,21,23). The number of likely N-dealkylation sites (tertiary alicyclic amines) is 1. The number of amides is 2. The van der Waals surface area contributed by atoms with Crippen molar-refractivity contribution >= 4 is 29.3 Å². The Balaban J connectivity index is 1.61. The number of thioether (sulfide) groups is 1. The second kappa shape index (κ2) is 7.03. The minimum atomic E-state index is -0.0254. The van der Waals surface area contributed by atoms with Crippen LogP contribution in [-0.2, 0) is 4.79 Å². The number of methoxy groups -OCH3 is 1. The first-order valence-corrected chi connectivity index (χ1v) is 9.66. The van der Waals surface area contributed by atoms with Crippen LogP contribution in [0.4, 0.5) is 5.69 Å². The Morgan fingerprint density at radius 1 is 1.27 bits per heavy atom. The predicted molar refractivity (Wildman–Crippen MR) is 102 cm³/mol. The molecule has 2 amide bonds. The van der Waals surface area contributed by atoms with Crippen LogP contribution in [0.25, 0.3) is 0 Å². The van der Waals surface area contributed by atoms with Crippen LogP contribution >= 0.6 is 11.8 Å². The van der Waals surface area contributed by atoms with E-state index in [-0.39, 0.29) is 17.9 Å². The van der Waals surface area contributed by atoms with Crippen LogP contribution in [0.15, 0.2) is 47.4 Å². The molecule has 2 aliphatic heterocycles. The fourth-order valence-corrected chi connectivity index (χ4v) is 4.38. The van der Waals surface area contributed by atoms with E-state index in [9.17, 15) is 9.59 Å². The van der Waals surface area contributed by atoms with Crippen LogP contribution < -0.4 is 10.1 Å². The molecule has 2 aromatic rings. The molecule has 2 heterocycles. The van der Waals surface area contributed by atoms with E-state index in [4.69, 9.17) is 4.74 Å². The molecule has 0 bridgehead atoms. The number of fused-ring (bicyclic) bond motifs is 1. The summed E-state index contributed by atoms with van der Waals surface area (Å²) < 4.78 is 5.32. The number of benzene rings is 2. The Morgan fingerprint density at radius 3 is 3.00 bits per heavy atom. The van der Waals surface area contributed by atoms with Gasteiger partial charge in [-0.05, 0) is 48.7 Å². The van der Waals surface area contributed by atoms with Gasteiger partial charge in [0.2, 0.25) is 5.91 Å². The molecule has 1 saturated heterocycles. The van der Waals surface area contributed by atoms with Gasteiger partial charge < -0.3 is 15.0 Å². The SMILES string of the molecule is COc1cccc(C2CCCN2C(=O)c2ccc3c(c2)NC(=O)CS3)c1. The normalized spacial score (nSPS) is 19.0. The first-order chi connectivity index (χ1) is 12.7. The van der Waals surface area contributed by atoms with Crippen molar-refractivity contribution in [3.8, 4) is 5.75 Å². The number of nitrogens with one attached hydrogen (secondary N) is 1. The molecule has 0 radical (unpaired) electrons. The second-order valence-corrected chi connectivity index (χ2v) is 7.50. The van der Waals surface area contributed by atoms with Gasteiger partial charge in [-0.2, -0.15) is 0 Å². The molecule has 5 nitrogen and oxygen atoms in total. The van der Waals surface area contributed by atoms with Gasteiger partial charge in [-0.3, -0.25) is 9.59 Å². The van der Waals surface area contributed by atoms with E-state index in [1.807, 2.05) is 41.3 Å². The minimum absolute atomic E-state index is 0.00272. The van der Waals surface area contributed by atoms with Gasteiger partial charge in [0, 0.05) is 17.0 Å². The molecule has 0 saturated carbocycles. The lowest BCUT2D eigenvalue weighted by Crippen LogP contribution is -2.30. The zero-order valence-electron chi connectivity index (χ0n) is 14.5. The van der Waals surface area contributed by atoms with Crippen LogP contribution in [-0.4, -0.2) is 36.1 Å². The molecule has 2 aromatic carbocycles. The van der Waals surface area contributed by atoms with Crippen molar-refractivity contribution in [2.45, 2.75) is 23.8 Å². The largest absolute Gasteiger partial charge is 0.497 e. The number of rotatable bonds is 3. The van der Waals surface area contributed by atoms with E-state index in [0.717, 1.165) is 41.3 Å². The highest BCUT2D eigenvalue weighted by Gasteiger charge is 2.31. The predicted octanol–water partition coefficient (Wildman–Crippen LogP) is 3.72. The smallest absolute Gasteiger partial charge is 0.254 e. The fraction of sp³-hybridized carbons (Fsp3) is 0.300. The van der Waals surface area contributed by atoms with Crippen LogP contribution in [0, 0.1) is 0 Å². The summed E-state index contributed by atoms with van der Waals surface area (Å²) in [6.07, 6.45) is 1.92. The third-order valence-electron chi connectivity index (χ3n) is 4.85. The average molecular weight is 368 g/mol. The molecule has 1 fully saturated rings. The summed E-state index contributed by atoms with van der Waals surface area (Å²) in [5.74, 6) is 1.20. The summed E-state index contributed by atoms with van der Waals surface area (Å²) in [4.78, 5) is 27.7. The zero-order chi connectivity index (χ0) is 18.1. The number of carbonyl (C=O) groups excluding carboxylic acids is 2. The van der Waals surface area contributed by atoms with E-state index in [2.05, 4.69) is 5.32 Å². The maximum Gasteiger partial charge on any atom is 0.254 e. The zero-order valence-corrected chi connectivity index (χ0v) is 15.3. The van der Waals surface area contributed by atoms with Crippen molar-refractivity contribution in [1.29, 1.82) is 0 Å². The van der Waals surface area contributed by atoms with Crippen LogP contribution in [0.2, 0.25) is 0 Å². The number of nitrogens with zero attached hydrogens (tertiary/aromatic N) is 1. The van der Waals surface area contributed by atoms with Crippen LogP contribution in [0.1, 0.15) is 34.8 Å². The molecule has 0 aromatic heterocycles. The van der Waals surface area contributed by atoms with Gasteiger partial charge in [0.1, 0.15) is 5.75 Å². The highest BCUT2D eigenvalue weighted by molar-refractivity contribution is 8.00. The van der Waals surface area contributed by atoms with Crippen molar-refractivity contribution in [2.75, 3.05) is 24.7 Å². The summed E-state index contributed by atoms with van der Waals surface area (Å²) in [5.41, 5.74) is 2.44. The summed E-state index contributed by atoms with van der Waals surface area (Å²) in [6, 6.07) is 13.5. The van der Waals surface area contributed by atoms with Gasteiger partial charge in [-0.25, -0.2) is 0 Å². The first-order valence-electron chi connectivity index (χ1n) is 8.67. The monoisotopic (exact) mass is 368 g/mol. The molecular formula is C20H20N2O3S. The summed E-state index contributed by atoms with van der Waals surface area (Å²) in [6.45, 7) is 0.735. The van der Waals surface area contributed by atoms with Crippen LogP contribution in [0.3, 0.4) is 0 Å². The van der Waals surface area contributed by atoms with Crippen molar-refractivity contribution in [3.05, 3.63) is 53.6 Å². The van der Waals surface area contributed by atoms with Crippen molar-refractivity contribution in [2.24, 2.45) is 0 Å². The number of hydrogen-bond acceptors (Lipinski definition) is 4. The fourth-order valence-electron chi connectivity index (χ4n) is 3.59. The maximum absolute atomic E-state index is 13.1. The maximum atomic E-state index is 13.1. The van der Waals surface area contributed by atoms with Crippen LogP contribution in [0.5, 0.6) is 5.75 Å². The van der Waals surface area contributed by atoms with E-state index in [1.165, 1.54) is 11.8 Å². The molecule has 1 N–H and O–H groups in total. The first kappa shape index (κ1) is 17.0. The molecule has 0 spiro atoms. The third kappa shape index (κ3) is 3.17. The van der Waals surface area contributed by atoms with Crippen molar-refractivity contribution < 1.29 is 14.3 Å². The number of carbonyl (C=O) groups is 2. The Labute approximate surface area is 156 Å². The lowest BCUT2D eigenvalue weighted by molar-refractivity contribution is -0.113. The molecule has 6 heteroatoms. The van der Waals surface area contributed by atoms with Gasteiger partial charge in [0.05, 0.1) is 24.6 Å².